The van der Waals surface area contributed by atoms with Gasteiger partial charge in [0.2, 0.25) is 0 Å². The normalized spacial score (nSPS) is 24.9. The molecule has 4 rings (SSSR count). The van der Waals surface area contributed by atoms with Crippen LogP contribution in [0, 0.1) is 0 Å². The minimum atomic E-state index is -0.150. The first-order valence-corrected chi connectivity index (χ1v) is 9.23. The summed E-state index contributed by atoms with van der Waals surface area (Å²) >= 11 is 3.33. The van der Waals surface area contributed by atoms with E-state index in [4.69, 9.17) is 9.72 Å². The van der Waals surface area contributed by atoms with Crippen LogP contribution in [0.1, 0.15) is 37.1 Å². The van der Waals surface area contributed by atoms with Crippen LogP contribution in [0.15, 0.2) is 9.95 Å². The highest BCUT2D eigenvalue weighted by molar-refractivity contribution is 7.99. The second-order valence-corrected chi connectivity index (χ2v) is 8.15. The molecule has 2 aliphatic rings. The lowest BCUT2D eigenvalue weighted by molar-refractivity contribution is -0.0543. The zero-order chi connectivity index (χ0) is 14.6. The zero-order valence-electron chi connectivity index (χ0n) is 12.3. The van der Waals surface area contributed by atoms with Crippen LogP contribution in [0.25, 0.3) is 10.2 Å². The summed E-state index contributed by atoms with van der Waals surface area (Å²) in [5, 5.41) is 1.74. The Balaban J connectivity index is 1.96. The maximum absolute atomic E-state index is 12.9. The van der Waals surface area contributed by atoms with Crippen molar-refractivity contribution in [1.29, 1.82) is 0 Å². The van der Waals surface area contributed by atoms with E-state index in [-0.39, 0.29) is 11.2 Å². The summed E-state index contributed by atoms with van der Waals surface area (Å²) in [6, 6.07) is 0. The van der Waals surface area contributed by atoms with Crippen molar-refractivity contribution in [3.05, 3.63) is 20.8 Å². The quantitative estimate of drug-likeness (QED) is 0.756. The smallest absolute Gasteiger partial charge is 0.263 e. The van der Waals surface area contributed by atoms with Gasteiger partial charge in [-0.2, -0.15) is 0 Å². The van der Waals surface area contributed by atoms with Crippen molar-refractivity contribution in [2.75, 3.05) is 5.75 Å². The Morgan fingerprint density at radius 3 is 3.14 bits per heavy atom. The van der Waals surface area contributed by atoms with E-state index in [0.29, 0.717) is 6.61 Å². The van der Waals surface area contributed by atoms with Gasteiger partial charge in [0.25, 0.3) is 5.56 Å². The maximum Gasteiger partial charge on any atom is 0.263 e. The average molecular weight is 322 g/mol. The predicted molar refractivity (Wildman–Crippen MR) is 86.4 cm³/mol. The summed E-state index contributed by atoms with van der Waals surface area (Å²) < 4.78 is 7.87. The van der Waals surface area contributed by atoms with E-state index >= 15 is 0 Å². The Hall–Kier alpha value is -0.850. The second kappa shape index (κ2) is 4.83. The Labute approximate surface area is 131 Å². The Kier molecular flexibility index (Phi) is 3.17. The fraction of sp³-hybridized carbons (Fsp3) is 0.600. The lowest BCUT2D eigenvalue weighted by atomic mass is 9.90. The van der Waals surface area contributed by atoms with Crippen LogP contribution in [-0.2, 0) is 24.3 Å². The van der Waals surface area contributed by atoms with Gasteiger partial charge in [0.15, 0.2) is 5.16 Å². The van der Waals surface area contributed by atoms with E-state index in [1.54, 1.807) is 23.1 Å². The molecule has 0 aromatic carbocycles. The lowest BCUT2D eigenvalue weighted by Gasteiger charge is -2.32. The fourth-order valence-electron chi connectivity index (χ4n) is 3.06. The fourth-order valence-corrected chi connectivity index (χ4v) is 5.15. The van der Waals surface area contributed by atoms with Gasteiger partial charge in [-0.3, -0.25) is 9.36 Å². The third-order valence-corrected chi connectivity index (χ3v) is 6.73. The summed E-state index contributed by atoms with van der Waals surface area (Å²) in [6.45, 7) is 5.70. The van der Waals surface area contributed by atoms with Crippen LogP contribution in [0.4, 0.5) is 0 Å². The second-order valence-electron chi connectivity index (χ2n) is 6.01. The molecule has 2 aromatic heterocycles. The molecule has 0 amide bonds. The SMILES string of the molecule is CC[C@@]1(C)Cc2c(sc3nc4n(c(=O)c23)CCCS4)CO1. The van der Waals surface area contributed by atoms with Crippen molar-refractivity contribution in [2.45, 2.75) is 57.0 Å². The number of nitrogens with zero attached hydrogens (tertiary/aromatic N) is 2. The first kappa shape index (κ1) is 13.8. The molecule has 0 saturated carbocycles. The van der Waals surface area contributed by atoms with E-state index in [0.717, 1.165) is 46.9 Å². The van der Waals surface area contributed by atoms with Crippen LogP contribution < -0.4 is 5.56 Å². The molecule has 0 fully saturated rings. The first-order chi connectivity index (χ1) is 10.1. The monoisotopic (exact) mass is 322 g/mol. The molecule has 2 aromatic rings. The lowest BCUT2D eigenvalue weighted by Crippen LogP contribution is -2.35. The van der Waals surface area contributed by atoms with Gasteiger partial charge >= 0.3 is 0 Å². The van der Waals surface area contributed by atoms with Gasteiger partial charge in [0.1, 0.15) is 4.83 Å². The Bertz CT molecular complexity index is 780. The summed E-state index contributed by atoms with van der Waals surface area (Å²) in [4.78, 5) is 19.7. The third kappa shape index (κ3) is 2.07. The minimum absolute atomic E-state index is 0.150. The Morgan fingerprint density at radius 1 is 1.48 bits per heavy atom. The third-order valence-electron chi connectivity index (χ3n) is 4.57. The van der Waals surface area contributed by atoms with Gasteiger partial charge < -0.3 is 4.74 Å². The molecule has 1 atom stereocenters. The van der Waals surface area contributed by atoms with Crippen LogP contribution in [0.5, 0.6) is 0 Å². The number of thiophene rings is 1. The standard InChI is InChI=1S/C15H18N2O2S2/c1-3-15(2)7-9-10(8-19-15)21-12-11(9)13(18)17-5-4-6-20-14(17)16-12/h3-8H2,1-2H3/t15-/m0/s1. The van der Waals surface area contributed by atoms with Gasteiger partial charge in [-0.25, -0.2) is 4.98 Å². The van der Waals surface area contributed by atoms with E-state index in [1.807, 2.05) is 4.57 Å². The number of thioether (sulfide) groups is 1. The van der Waals surface area contributed by atoms with Crippen molar-refractivity contribution in [1.82, 2.24) is 9.55 Å². The minimum Gasteiger partial charge on any atom is -0.369 e. The summed E-state index contributed by atoms with van der Waals surface area (Å²) in [5.41, 5.74) is 1.19. The molecule has 0 N–H and O–H groups in total. The average Bonchev–Trinajstić information content (AvgIpc) is 2.85. The molecule has 6 heteroatoms. The van der Waals surface area contributed by atoms with E-state index in [2.05, 4.69) is 13.8 Å². The predicted octanol–water partition coefficient (Wildman–Crippen LogP) is 3.20. The molecule has 4 heterocycles. The molecule has 112 valence electrons. The highest BCUT2D eigenvalue weighted by Crippen LogP contribution is 2.39. The summed E-state index contributed by atoms with van der Waals surface area (Å²) in [7, 11) is 0. The number of hydrogen-bond donors (Lipinski definition) is 0. The molecular weight excluding hydrogens is 304 g/mol. The van der Waals surface area contributed by atoms with Crippen LogP contribution in [0.3, 0.4) is 0 Å². The molecular formula is C15H18N2O2S2. The molecule has 0 saturated heterocycles. The molecule has 0 bridgehead atoms. The number of hydrogen-bond acceptors (Lipinski definition) is 5. The molecule has 21 heavy (non-hydrogen) atoms. The molecule has 0 unspecified atom stereocenters. The summed E-state index contributed by atoms with van der Waals surface area (Å²) in [6.07, 6.45) is 2.83. The number of ether oxygens (including phenoxy) is 1. The first-order valence-electron chi connectivity index (χ1n) is 7.43. The molecule has 0 radical (unpaired) electrons. The van der Waals surface area contributed by atoms with Gasteiger partial charge in [0, 0.05) is 23.6 Å². The molecule has 2 aliphatic heterocycles. The van der Waals surface area contributed by atoms with Gasteiger partial charge in [-0.1, -0.05) is 18.7 Å². The Morgan fingerprint density at radius 2 is 2.33 bits per heavy atom. The van der Waals surface area contributed by atoms with Crippen LogP contribution >= 0.6 is 23.1 Å². The van der Waals surface area contributed by atoms with E-state index < -0.39 is 0 Å². The van der Waals surface area contributed by atoms with Crippen LogP contribution in [0.2, 0.25) is 0 Å². The molecule has 0 aliphatic carbocycles. The van der Waals surface area contributed by atoms with E-state index in [1.165, 1.54) is 10.4 Å². The summed E-state index contributed by atoms with van der Waals surface area (Å²) in [5.74, 6) is 1.06. The number of fused-ring (bicyclic) bond motifs is 4. The van der Waals surface area contributed by atoms with E-state index in [9.17, 15) is 4.79 Å². The van der Waals surface area contributed by atoms with Gasteiger partial charge in [-0.15, -0.1) is 11.3 Å². The van der Waals surface area contributed by atoms with Crippen molar-refractivity contribution >= 4 is 33.3 Å². The highest BCUT2D eigenvalue weighted by Gasteiger charge is 2.33. The van der Waals surface area contributed by atoms with Crippen molar-refractivity contribution in [3.63, 3.8) is 0 Å². The number of rotatable bonds is 1. The largest absolute Gasteiger partial charge is 0.369 e. The number of aromatic nitrogens is 2. The molecule has 0 spiro atoms. The topological polar surface area (TPSA) is 44.1 Å². The zero-order valence-corrected chi connectivity index (χ0v) is 13.9. The van der Waals surface area contributed by atoms with Crippen molar-refractivity contribution in [3.8, 4) is 0 Å². The van der Waals surface area contributed by atoms with Gasteiger partial charge in [0.05, 0.1) is 17.6 Å². The van der Waals surface area contributed by atoms with Crippen molar-refractivity contribution in [2.24, 2.45) is 0 Å². The maximum atomic E-state index is 12.9. The van der Waals surface area contributed by atoms with Gasteiger partial charge in [-0.05, 0) is 25.3 Å². The molecule has 4 nitrogen and oxygen atoms in total. The highest BCUT2D eigenvalue weighted by atomic mass is 32.2. The van der Waals surface area contributed by atoms with Crippen molar-refractivity contribution < 1.29 is 4.74 Å². The van der Waals surface area contributed by atoms with Crippen LogP contribution in [-0.4, -0.2) is 20.9 Å².